The zero-order valence-corrected chi connectivity index (χ0v) is 12.2. The van der Waals surface area contributed by atoms with Gasteiger partial charge in [-0.2, -0.15) is 0 Å². The Morgan fingerprint density at radius 2 is 2.06 bits per heavy atom. The van der Waals surface area contributed by atoms with Crippen LogP contribution in [-0.4, -0.2) is 10.4 Å². The van der Waals surface area contributed by atoms with Crippen LogP contribution in [0.5, 0.6) is 0 Å². The maximum Gasteiger partial charge on any atom is 0.253 e. The first kappa shape index (κ1) is 13.5. The fraction of sp³-hybridized carbons (Fsp3) is 0.571. The fourth-order valence-corrected chi connectivity index (χ4v) is 3.17. The Bertz CT molecular complexity index is 501. The van der Waals surface area contributed by atoms with Crippen LogP contribution in [0.2, 0.25) is 0 Å². The van der Waals surface area contributed by atoms with E-state index < -0.39 is 0 Å². The maximum atomic E-state index is 12.2. The third-order valence-corrected chi connectivity index (χ3v) is 4.05. The summed E-state index contributed by atoms with van der Waals surface area (Å²) in [5.74, 6) is 0.360. The van der Waals surface area contributed by atoms with Crippen molar-refractivity contribution < 1.29 is 4.79 Å². The van der Waals surface area contributed by atoms with Crippen molar-refractivity contribution in [3.8, 4) is 0 Å². The van der Waals surface area contributed by atoms with Crippen LogP contribution in [0.25, 0.3) is 0 Å². The highest BCUT2D eigenvalue weighted by Crippen LogP contribution is 2.24. The normalized spacial score (nSPS) is 16.8. The van der Waals surface area contributed by atoms with Gasteiger partial charge in [-0.1, -0.05) is 19.3 Å². The zero-order valence-electron chi connectivity index (χ0n) is 10.6. The number of carbonyl (C=O) groups excluding carboxylic acids is 1. The van der Waals surface area contributed by atoms with Crippen LogP contribution in [0.3, 0.4) is 0 Å². The largest absolute Gasteiger partial charge is 0.307 e. The number of rotatable bonds is 3. The second-order valence-corrected chi connectivity index (χ2v) is 5.99. The standard InChI is InChI=1S/C14H18BrNO2/c1-10-7-12(15)8-16(14(10)18)9-13(17)11-5-3-2-4-6-11/h7-8,11H,2-6,9H2,1H3. The Morgan fingerprint density at radius 3 is 2.72 bits per heavy atom. The van der Waals surface area contributed by atoms with Crippen molar-refractivity contribution in [2.45, 2.75) is 45.6 Å². The van der Waals surface area contributed by atoms with E-state index >= 15 is 0 Å². The summed E-state index contributed by atoms with van der Waals surface area (Å²) < 4.78 is 2.37. The molecular formula is C14H18BrNO2. The van der Waals surface area contributed by atoms with Gasteiger partial charge in [0.1, 0.15) is 0 Å². The molecule has 0 bridgehead atoms. The topological polar surface area (TPSA) is 39.1 Å². The molecule has 4 heteroatoms. The number of Topliss-reactive ketones (excluding diaryl/α,β-unsaturated/α-hetero) is 1. The molecule has 0 aromatic carbocycles. The summed E-state index contributed by atoms with van der Waals surface area (Å²) in [5, 5.41) is 0. The van der Waals surface area contributed by atoms with E-state index in [9.17, 15) is 9.59 Å². The van der Waals surface area contributed by atoms with Crippen molar-refractivity contribution in [3.05, 3.63) is 32.7 Å². The molecule has 1 saturated carbocycles. The van der Waals surface area contributed by atoms with Gasteiger partial charge in [0.25, 0.3) is 5.56 Å². The van der Waals surface area contributed by atoms with Crippen LogP contribution in [0, 0.1) is 12.8 Å². The number of pyridine rings is 1. The van der Waals surface area contributed by atoms with E-state index in [1.807, 2.05) is 0 Å². The average molecular weight is 312 g/mol. The van der Waals surface area contributed by atoms with Gasteiger partial charge in [0.15, 0.2) is 5.78 Å². The molecule has 1 aromatic heterocycles. The minimum Gasteiger partial charge on any atom is -0.307 e. The number of nitrogens with zero attached hydrogens (tertiary/aromatic N) is 1. The third kappa shape index (κ3) is 3.10. The monoisotopic (exact) mass is 311 g/mol. The number of aromatic nitrogens is 1. The van der Waals surface area contributed by atoms with Gasteiger partial charge >= 0.3 is 0 Å². The fourth-order valence-electron chi connectivity index (χ4n) is 2.58. The molecule has 1 aliphatic rings. The van der Waals surface area contributed by atoms with Crippen molar-refractivity contribution in [2.75, 3.05) is 0 Å². The van der Waals surface area contributed by atoms with Gasteiger partial charge in [-0.15, -0.1) is 0 Å². The van der Waals surface area contributed by atoms with Crippen LogP contribution in [0.1, 0.15) is 37.7 Å². The summed E-state index contributed by atoms with van der Waals surface area (Å²) in [6.45, 7) is 1.98. The molecular weight excluding hydrogens is 294 g/mol. The molecule has 1 aromatic rings. The number of carbonyl (C=O) groups is 1. The van der Waals surface area contributed by atoms with Crippen molar-refractivity contribution in [1.82, 2.24) is 4.57 Å². The molecule has 0 amide bonds. The molecule has 0 unspecified atom stereocenters. The van der Waals surface area contributed by atoms with E-state index in [2.05, 4.69) is 15.9 Å². The van der Waals surface area contributed by atoms with E-state index in [1.165, 1.54) is 11.0 Å². The highest BCUT2D eigenvalue weighted by molar-refractivity contribution is 9.10. The Kier molecular flexibility index (Phi) is 4.38. The van der Waals surface area contributed by atoms with E-state index in [-0.39, 0.29) is 23.8 Å². The first-order chi connectivity index (χ1) is 8.58. The number of ketones is 1. The van der Waals surface area contributed by atoms with E-state index in [4.69, 9.17) is 0 Å². The molecule has 1 heterocycles. The van der Waals surface area contributed by atoms with Gasteiger partial charge in [0.05, 0.1) is 6.54 Å². The molecule has 1 fully saturated rings. The Hall–Kier alpha value is -0.900. The zero-order chi connectivity index (χ0) is 13.1. The van der Waals surface area contributed by atoms with Crippen molar-refractivity contribution in [2.24, 2.45) is 5.92 Å². The lowest BCUT2D eigenvalue weighted by molar-refractivity contribution is -0.124. The quantitative estimate of drug-likeness (QED) is 0.860. The summed E-state index contributed by atoms with van der Waals surface area (Å²) >= 11 is 3.36. The second kappa shape index (κ2) is 5.83. The van der Waals surface area contributed by atoms with Crippen LogP contribution < -0.4 is 5.56 Å². The average Bonchev–Trinajstić information content (AvgIpc) is 2.36. The molecule has 0 aliphatic heterocycles. The molecule has 2 rings (SSSR count). The minimum atomic E-state index is -0.0673. The number of hydrogen-bond donors (Lipinski definition) is 0. The molecule has 18 heavy (non-hydrogen) atoms. The first-order valence-corrected chi connectivity index (χ1v) is 7.26. The molecule has 0 N–H and O–H groups in total. The van der Waals surface area contributed by atoms with Gasteiger partial charge < -0.3 is 4.57 Å². The van der Waals surface area contributed by atoms with Crippen molar-refractivity contribution in [3.63, 3.8) is 0 Å². The van der Waals surface area contributed by atoms with Crippen LogP contribution in [0.4, 0.5) is 0 Å². The molecule has 3 nitrogen and oxygen atoms in total. The van der Waals surface area contributed by atoms with Crippen molar-refractivity contribution >= 4 is 21.7 Å². The Balaban J connectivity index is 2.13. The predicted octanol–water partition coefficient (Wildman–Crippen LogP) is 3.07. The minimum absolute atomic E-state index is 0.0673. The molecule has 98 valence electrons. The summed E-state index contributed by atoms with van der Waals surface area (Å²) in [6.07, 6.45) is 7.20. The lowest BCUT2D eigenvalue weighted by Crippen LogP contribution is -2.29. The molecule has 0 spiro atoms. The van der Waals surface area contributed by atoms with Gasteiger partial charge in [0.2, 0.25) is 0 Å². The molecule has 0 radical (unpaired) electrons. The van der Waals surface area contributed by atoms with Crippen LogP contribution in [-0.2, 0) is 11.3 Å². The van der Waals surface area contributed by atoms with Gasteiger partial charge in [0, 0.05) is 22.2 Å². The smallest absolute Gasteiger partial charge is 0.253 e. The third-order valence-electron chi connectivity index (χ3n) is 3.62. The van der Waals surface area contributed by atoms with Crippen LogP contribution >= 0.6 is 15.9 Å². The van der Waals surface area contributed by atoms with E-state index in [1.54, 1.807) is 19.2 Å². The Morgan fingerprint density at radius 1 is 1.39 bits per heavy atom. The van der Waals surface area contributed by atoms with E-state index in [0.717, 1.165) is 30.2 Å². The molecule has 0 saturated heterocycles. The van der Waals surface area contributed by atoms with Gasteiger partial charge in [-0.25, -0.2) is 0 Å². The number of aryl methyl sites for hydroxylation is 1. The van der Waals surface area contributed by atoms with Crippen molar-refractivity contribution in [1.29, 1.82) is 0 Å². The maximum absolute atomic E-state index is 12.2. The lowest BCUT2D eigenvalue weighted by Gasteiger charge is -2.20. The highest BCUT2D eigenvalue weighted by Gasteiger charge is 2.21. The lowest BCUT2D eigenvalue weighted by atomic mass is 9.86. The predicted molar refractivity (Wildman–Crippen MR) is 74.7 cm³/mol. The Labute approximate surface area is 115 Å². The summed E-state index contributed by atoms with van der Waals surface area (Å²) in [6, 6.07) is 1.78. The SMILES string of the molecule is Cc1cc(Br)cn(CC(=O)C2CCCCC2)c1=O. The van der Waals surface area contributed by atoms with E-state index in [0.29, 0.717) is 5.56 Å². The summed E-state index contributed by atoms with van der Waals surface area (Å²) in [7, 11) is 0. The van der Waals surface area contributed by atoms with Gasteiger partial charge in [-0.3, -0.25) is 9.59 Å². The van der Waals surface area contributed by atoms with Gasteiger partial charge in [-0.05, 0) is 41.8 Å². The number of halogens is 1. The number of hydrogen-bond acceptors (Lipinski definition) is 2. The first-order valence-electron chi connectivity index (χ1n) is 6.47. The molecule has 0 atom stereocenters. The highest BCUT2D eigenvalue weighted by atomic mass is 79.9. The second-order valence-electron chi connectivity index (χ2n) is 5.08. The summed E-state index contributed by atoms with van der Waals surface area (Å²) in [5.41, 5.74) is 0.600. The molecule has 1 aliphatic carbocycles. The van der Waals surface area contributed by atoms with Crippen LogP contribution in [0.15, 0.2) is 21.5 Å². The summed E-state index contributed by atoms with van der Waals surface area (Å²) in [4.78, 5) is 24.1.